The number of nitrogens with zero attached hydrogens (tertiary/aromatic N) is 3. The molecule has 0 fully saturated rings. The highest BCUT2D eigenvalue weighted by Gasteiger charge is 2.42. The molecule has 8 heteroatoms. The SMILES string of the molecule is C=CCOc1ccc(C2C(C(=O)/C=C/c3ccco3)=C(O)C(=O)N2CCCn2ccnc2)cc1. The number of benzene rings is 1. The Kier molecular flexibility index (Phi) is 7.07. The zero-order valence-electron chi connectivity index (χ0n) is 18.5. The van der Waals surface area contributed by atoms with Crippen molar-refractivity contribution in [3.05, 3.63) is 103 Å². The van der Waals surface area contributed by atoms with Crippen molar-refractivity contribution in [1.82, 2.24) is 14.5 Å². The van der Waals surface area contributed by atoms with E-state index in [1.807, 2.05) is 10.8 Å². The fourth-order valence-corrected chi connectivity index (χ4v) is 3.86. The monoisotopic (exact) mass is 459 g/mol. The second-order valence-electron chi connectivity index (χ2n) is 7.70. The number of ether oxygens (including phenoxy) is 1. The summed E-state index contributed by atoms with van der Waals surface area (Å²) in [6.45, 7) is 4.99. The van der Waals surface area contributed by atoms with Gasteiger partial charge in [0, 0.05) is 25.5 Å². The summed E-state index contributed by atoms with van der Waals surface area (Å²) in [5.41, 5.74) is 0.732. The van der Waals surface area contributed by atoms with Gasteiger partial charge in [0.25, 0.3) is 5.91 Å². The standard InChI is InChI=1S/C26H25N3O5/c1-2-16-33-21-8-6-19(7-9-21)24-23(22(30)11-10-20-5-3-17-34-20)25(31)26(32)29(24)14-4-13-28-15-12-27-18-28/h2-3,5-12,15,17-18,24,31H,1,4,13-14,16H2/b11-10+. The van der Waals surface area contributed by atoms with Crippen LogP contribution in [-0.4, -0.2) is 44.4 Å². The van der Waals surface area contributed by atoms with E-state index < -0.39 is 23.5 Å². The van der Waals surface area contributed by atoms with Crippen LogP contribution in [0.1, 0.15) is 23.8 Å². The molecule has 1 aromatic carbocycles. The van der Waals surface area contributed by atoms with E-state index in [9.17, 15) is 14.7 Å². The number of carbonyl (C=O) groups is 2. The van der Waals surface area contributed by atoms with E-state index in [2.05, 4.69) is 11.6 Å². The maximum atomic E-state index is 13.1. The molecular weight excluding hydrogens is 434 g/mol. The molecule has 1 unspecified atom stereocenters. The van der Waals surface area contributed by atoms with Gasteiger partial charge in [0.15, 0.2) is 11.5 Å². The Balaban J connectivity index is 1.60. The first-order chi connectivity index (χ1) is 16.6. The number of aliphatic hydroxyl groups is 1. The Morgan fingerprint density at radius 1 is 1.24 bits per heavy atom. The minimum absolute atomic E-state index is 0.0372. The number of amides is 1. The number of carbonyl (C=O) groups excluding carboxylic acids is 2. The van der Waals surface area contributed by atoms with Crippen molar-refractivity contribution >= 4 is 17.8 Å². The smallest absolute Gasteiger partial charge is 0.290 e. The van der Waals surface area contributed by atoms with Gasteiger partial charge in [-0.1, -0.05) is 24.8 Å². The van der Waals surface area contributed by atoms with E-state index in [1.165, 1.54) is 23.3 Å². The van der Waals surface area contributed by atoms with Crippen molar-refractivity contribution in [2.24, 2.45) is 0 Å². The Morgan fingerprint density at radius 3 is 2.74 bits per heavy atom. The van der Waals surface area contributed by atoms with Crippen LogP contribution in [0.15, 0.2) is 95.9 Å². The number of rotatable bonds is 11. The Bertz CT molecular complexity index is 1190. The lowest BCUT2D eigenvalue weighted by Gasteiger charge is -2.27. The molecule has 0 aliphatic carbocycles. The second kappa shape index (κ2) is 10.5. The van der Waals surface area contributed by atoms with Crippen molar-refractivity contribution in [3.63, 3.8) is 0 Å². The van der Waals surface area contributed by atoms with Crippen molar-refractivity contribution in [2.45, 2.75) is 19.0 Å². The topological polar surface area (TPSA) is 97.8 Å². The van der Waals surface area contributed by atoms with Gasteiger partial charge in [-0.15, -0.1) is 0 Å². The van der Waals surface area contributed by atoms with Gasteiger partial charge in [-0.05, 0) is 48.4 Å². The van der Waals surface area contributed by atoms with E-state index in [-0.39, 0.29) is 5.57 Å². The Labute approximate surface area is 197 Å². The predicted octanol–water partition coefficient (Wildman–Crippen LogP) is 4.11. The average molecular weight is 460 g/mol. The lowest BCUT2D eigenvalue weighted by Crippen LogP contribution is -2.32. The van der Waals surface area contributed by atoms with Crippen molar-refractivity contribution in [2.75, 3.05) is 13.2 Å². The molecule has 1 atom stereocenters. The lowest BCUT2D eigenvalue weighted by molar-refractivity contribution is -0.129. The van der Waals surface area contributed by atoms with Gasteiger partial charge in [-0.25, -0.2) is 4.98 Å². The minimum Gasteiger partial charge on any atom is -0.503 e. The summed E-state index contributed by atoms with van der Waals surface area (Å²) < 4.78 is 12.7. The molecule has 0 bridgehead atoms. The Hall–Kier alpha value is -4.33. The number of hydrogen-bond donors (Lipinski definition) is 1. The normalized spacial score (nSPS) is 15.9. The molecule has 8 nitrogen and oxygen atoms in total. The fourth-order valence-electron chi connectivity index (χ4n) is 3.86. The highest BCUT2D eigenvalue weighted by molar-refractivity contribution is 6.14. The molecule has 4 rings (SSSR count). The lowest BCUT2D eigenvalue weighted by atomic mass is 9.95. The molecule has 2 aromatic heterocycles. The molecule has 1 aliphatic rings. The van der Waals surface area contributed by atoms with Crippen LogP contribution in [0.3, 0.4) is 0 Å². The molecule has 3 heterocycles. The average Bonchev–Trinajstić information content (AvgIpc) is 3.60. The van der Waals surface area contributed by atoms with Crippen LogP contribution in [0.4, 0.5) is 0 Å². The number of aliphatic hydroxyl groups excluding tert-OH is 1. The first-order valence-corrected chi connectivity index (χ1v) is 10.9. The molecule has 0 spiro atoms. The highest BCUT2D eigenvalue weighted by Crippen LogP contribution is 2.38. The third-order valence-electron chi connectivity index (χ3n) is 5.45. The van der Waals surface area contributed by atoms with Crippen LogP contribution in [0, 0.1) is 0 Å². The van der Waals surface area contributed by atoms with E-state index >= 15 is 0 Å². The number of aryl methyl sites for hydroxylation is 1. The molecule has 0 saturated heterocycles. The zero-order chi connectivity index (χ0) is 23.9. The molecule has 1 amide bonds. The molecule has 3 aromatic rings. The summed E-state index contributed by atoms with van der Waals surface area (Å²) in [6, 6.07) is 9.81. The van der Waals surface area contributed by atoms with Gasteiger partial charge in [0.05, 0.1) is 24.2 Å². The molecular formula is C26H25N3O5. The zero-order valence-corrected chi connectivity index (χ0v) is 18.5. The quantitative estimate of drug-likeness (QED) is 0.342. The number of imidazole rings is 1. The number of furan rings is 1. The third-order valence-corrected chi connectivity index (χ3v) is 5.45. The summed E-state index contributed by atoms with van der Waals surface area (Å²) in [6.07, 6.45) is 11.8. The molecule has 1 aliphatic heterocycles. The van der Waals surface area contributed by atoms with Crippen LogP contribution in [0.2, 0.25) is 0 Å². The molecule has 174 valence electrons. The van der Waals surface area contributed by atoms with Crippen LogP contribution in [0.5, 0.6) is 5.75 Å². The number of ketones is 1. The molecule has 0 saturated carbocycles. The van der Waals surface area contributed by atoms with Gasteiger partial charge >= 0.3 is 0 Å². The summed E-state index contributed by atoms with van der Waals surface area (Å²) in [7, 11) is 0. The van der Waals surface area contributed by atoms with Crippen molar-refractivity contribution in [1.29, 1.82) is 0 Å². The van der Waals surface area contributed by atoms with Gasteiger partial charge in [0.1, 0.15) is 18.1 Å². The predicted molar refractivity (Wildman–Crippen MR) is 126 cm³/mol. The van der Waals surface area contributed by atoms with Crippen LogP contribution >= 0.6 is 0 Å². The van der Waals surface area contributed by atoms with Gasteiger partial charge in [0.2, 0.25) is 0 Å². The summed E-state index contributed by atoms with van der Waals surface area (Å²) >= 11 is 0. The van der Waals surface area contributed by atoms with Crippen LogP contribution < -0.4 is 4.74 Å². The molecule has 1 N–H and O–H groups in total. The third kappa shape index (κ3) is 5.01. The van der Waals surface area contributed by atoms with Crippen LogP contribution in [-0.2, 0) is 16.1 Å². The van der Waals surface area contributed by atoms with Gasteiger partial charge in [-0.3, -0.25) is 9.59 Å². The summed E-state index contributed by atoms with van der Waals surface area (Å²) in [5, 5.41) is 10.7. The van der Waals surface area contributed by atoms with E-state index in [1.54, 1.807) is 55.0 Å². The maximum Gasteiger partial charge on any atom is 0.290 e. The summed E-state index contributed by atoms with van der Waals surface area (Å²) in [4.78, 5) is 31.7. The number of hydrogen-bond acceptors (Lipinski definition) is 6. The first kappa shape index (κ1) is 22.8. The van der Waals surface area contributed by atoms with E-state index in [0.717, 1.165) is 0 Å². The largest absolute Gasteiger partial charge is 0.503 e. The maximum absolute atomic E-state index is 13.1. The van der Waals surface area contributed by atoms with Crippen molar-refractivity contribution < 1.29 is 23.8 Å². The summed E-state index contributed by atoms with van der Waals surface area (Å²) in [5.74, 6) is -0.434. The highest BCUT2D eigenvalue weighted by atomic mass is 16.5. The second-order valence-corrected chi connectivity index (χ2v) is 7.70. The van der Waals surface area contributed by atoms with Crippen molar-refractivity contribution in [3.8, 4) is 5.75 Å². The van der Waals surface area contributed by atoms with Crippen LogP contribution in [0.25, 0.3) is 6.08 Å². The number of aromatic nitrogens is 2. The Morgan fingerprint density at radius 2 is 2.06 bits per heavy atom. The van der Waals surface area contributed by atoms with E-state index in [0.29, 0.717) is 43.2 Å². The number of allylic oxidation sites excluding steroid dienone is 1. The fraction of sp³-hybridized carbons (Fsp3) is 0.192. The van der Waals surface area contributed by atoms with Gasteiger partial charge in [-0.2, -0.15) is 0 Å². The molecule has 34 heavy (non-hydrogen) atoms. The minimum atomic E-state index is -0.725. The van der Waals surface area contributed by atoms with Gasteiger partial charge < -0.3 is 23.7 Å². The molecule has 0 radical (unpaired) electrons. The first-order valence-electron chi connectivity index (χ1n) is 10.9. The van der Waals surface area contributed by atoms with E-state index in [4.69, 9.17) is 9.15 Å².